The van der Waals surface area contributed by atoms with Crippen molar-refractivity contribution in [2.45, 2.75) is 31.6 Å². The van der Waals surface area contributed by atoms with Crippen LogP contribution in [-0.4, -0.2) is 21.0 Å². The molecule has 0 spiro atoms. The van der Waals surface area contributed by atoms with E-state index in [9.17, 15) is 10.1 Å². The van der Waals surface area contributed by atoms with Crippen molar-refractivity contribution < 1.29 is 9.90 Å². The van der Waals surface area contributed by atoms with Crippen molar-refractivity contribution in [1.29, 1.82) is 5.26 Å². The summed E-state index contributed by atoms with van der Waals surface area (Å²) in [6, 6.07) is 8.16. The number of aromatic amines is 1. The minimum atomic E-state index is -0.970. The smallest absolute Gasteiger partial charge is 0.347 e. The Morgan fingerprint density at radius 3 is 2.83 bits per heavy atom. The Labute approximate surface area is 142 Å². The highest BCUT2D eigenvalue weighted by Crippen LogP contribution is 2.38. The van der Waals surface area contributed by atoms with Crippen molar-refractivity contribution >= 4 is 28.2 Å². The molecule has 1 aliphatic rings. The molecule has 1 fully saturated rings. The van der Waals surface area contributed by atoms with Crippen LogP contribution in [0.15, 0.2) is 24.4 Å². The first-order chi connectivity index (χ1) is 11.7. The lowest BCUT2D eigenvalue weighted by molar-refractivity contribution is 0.0702. The molecule has 0 unspecified atom stereocenters. The number of nitriles is 1. The molecule has 2 N–H and O–H groups in total. The van der Waals surface area contributed by atoms with Crippen molar-refractivity contribution in [1.82, 2.24) is 9.97 Å². The summed E-state index contributed by atoms with van der Waals surface area (Å²) in [4.78, 5) is 18.9. The van der Waals surface area contributed by atoms with E-state index >= 15 is 0 Å². The molecule has 0 radical (unpaired) electrons. The number of thiazole rings is 1. The number of fused-ring (bicyclic) bond motifs is 1. The fourth-order valence-electron chi connectivity index (χ4n) is 3.49. The second kappa shape index (κ2) is 5.77. The lowest BCUT2D eigenvalue weighted by Crippen LogP contribution is -1.94. The summed E-state index contributed by atoms with van der Waals surface area (Å²) >= 11 is 1.14. The van der Waals surface area contributed by atoms with E-state index in [2.05, 4.69) is 16.0 Å². The molecular formula is C18H15N3O2S. The molecule has 0 aliphatic heterocycles. The quantitative estimate of drug-likeness (QED) is 0.735. The van der Waals surface area contributed by atoms with Crippen LogP contribution in [0.1, 0.15) is 52.5 Å². The second-order valence-electron chi connectivity index (χ2n) is 6.10. The number of hydrogen-bond acceptors (Lipinski definition) is 4. The molecule has 6 heteroatoms. The molecule has 24 heavy (non-hydrogen) atoms. The SMILES string of the molecule is N#Cc1c(C2CCCC2)[nH]c2ccc(-c3ncc(C(=O)O)s3)cc12. The Kier molecular flexibility index (Phi) is 3.58. The minimum Gasteiger partial charge on any atom is -0.477 e. The van der Waals surface area contributed by atoms with Crippen LogP contribution >= 0.6 is 11.3 Å². The molecule has 5 nitrogen and oxygen atoms in total. The third kappa shape index (κ3) is 2.38. The third-order valence-electron chi connectivity index (χ3n) is 4.67. The van der Waals surface area contributed by atoms with Crippen LogP contribution in [0, 0.1) is 11.3 Å². The summed E-state index contributed by atoms with van der Waals surface area (Å²) in [6.07, 6.45) is 6.06. The number of carbonyl (C=O) groups is 1. The number of benzene rings is 1. The van der Waals surface area contributed by atoms with Crippen LogP contribution in [0.2, 0.25) is 0 Å². The second-order valence-corrected chi connectivity index (χ2v) is 7.13. The number of hydrogen-bond donors (Lipinski definition) is 2. The Morgan fingerprint density at radius 2 is 2.17 bits per heavy atom. The Morgan fingerprint density at radius 1 is 1.38 bits per heavy atom. The number of H-pyrrole nitrogens is 1. The number of aromatic carboxylic acids is 1. The highest BCUT2D eigenvalue weighted by atomic mass is 32.1. The van der Waals surface area contributed by atoms with E-state index in [1.807, 2.05) is 18.2 Å². The number of aromatic nitrogens is 2. The van der Waals surface area contributed by atoms with Gasteiger partial charge in [-0.2, -0.15) is 5.26 Å². The predicted octanol–water partition coefficient (Wildman–Crippen LogP) is 4.52. The first kappa shape index (κ1) is 14.9. The maximum Gasteiger partial charge on any atom is 0.347 e. The molecule has 1 saturated carbocycles. The number of carboxylic acid groups (broad SMARTS) is 1. The summed E-state index contributed by atoms with van der Waals surface area (Å²) in [5.41, 5.74) is 3.56. The number of rotatable bonds is 3. The summed E-state index contributed by atoms with van der Waals surface area (Å²) in [5.74, 6) is -0.531. The average Bonchev–Trinajstić information content (AvgIpc) is 3.31. The van der Waals surface area contributed by atoms with E-state index in [4.69, 9.17) is 5.11 Å². The normalized spacial score (nSPS) is 15.0. The van der Waals surface area contributed by atoms with Gasteiger partial charge in [0.05, 0.1) is 11.8 Å². The average molecular weight is 337 g/mol. The van der Waals surface area contributed by atoms with Gasteiger partial charge in [-0.25, -0.2) is 9.78 Å². The van der Waals surface area contributed by atoms with Crippen LogP contribution in [0.4, 0.5) is 0 Å². The van der Waals surface area contributed by atoms with Gasteiger partial charge in [-0.15, -0.1) is 11.3 Å². The van der Waals surface area contributed by atoms with E-state index in [0.717, 1.165) is 46.3 Å². The van der Waals surface area contributed by atoms with Crippen LogP contribution in [-0.2, 0) is 0 Å². The van der Waals surface area contributed by atoms with E-state index < -0.39 is 5.97 Å². The fraction of sp³-hybridized carbons (Fsp3) is 0.278. The molecule has 3 aromatic rings. The molecule has 0 atom stereocenters. The molecule has 1 aliphatic carbocycles. The lowest BCUT2D eigenvalue weighted by Gasteiger charge is -2.06. The van der Waals surface area contributed by atoms with Gasteiger partial charge in [0.1, 0.15) is 16.0 Å². The van der Waals surface area contributed by atoms with Gasteiger partial charge >= 0.3 is 5.97 Å². The van der Waals surface area contributed by atoms with Gasteiger partial charge in [-0.3, -0.25) is 0 Å². The number of nitrogens with one attached hydrogen (secondary N) is 1. The van der Waals surface area contributed by atoms with Gasteiger partial charge in [-0.1, -0.05) is 12.8 Å². The zero-order chi connectivity index (χ0) is 16.7. The van der Waals surface area contributed by atoms with Gasteiger partial charge in [0.25, 0.3) is 0 Å². The van der Waals surface area contributed by atoms with Gasteiger partial charge in [-0.05, 0) is 31.0 Å². The largest absolute Gasteiger partial charge is 0.477 e. The zero-order valence-corrected chi connectivity index (χ0v) is 13.7. The molecule has 2 aromatic heterocycles. The minimum absolute atomic E-state index is 0.214. The molecule has 2 heterocycles. The summed E-state index contributed by atoms with van der Waals surface area (Å²) in [5, 5.41) is 20.2. The monoisotopic (exact) mass is 337 g/mol. The van der Waals surface area contributed by atoms with Gasteiger partial charge in [0, 0.05) is 28.1 Å². The van der Waals surface area contributed by atoms with Crippen LogP contribution in [0.3, 0.4) is 0 Å². The van der Waals surface area contributed by atoms with Crippen molar-refractivity contribution in [2.75, 3.05) is 0 Å². The Bertz CT molecular complexity index is 974. The fourth-order valence-corrected chi connectivity index (χ4v) is 4.24. The van der Waals surface area contributed by atoms with E-state index in [0.29, 0.717) is 16.5 Å². The van der Waals surface area contributed by atoms with E-state index in [1.165, 1.54) is 19.0 Å². The maximum absolute atomic E-state index is 11.0. The number of carboxylic acids is 1. The summed E-state index contributed by atoms with van der Waals surface area (Å²) in [6.45, 7) is 0. The first-order valence-corrected chi connectivity index (χ1v) is 8.74. The highest BCUT2D eigenvalue weighted by molar-refractivity contribution is 7.16. The van der Waals surface area contributed by atoms with Crippen molar-refractivity contribution in [3.8, 4) is 16.6 Å². The molecule has 0 amide bonds. The molecular weight excluding hydrogens is 322 g/mol. The molecule has 1 aromatic carbocycles. The summed E-state index contributed by atoms with van der Waals surface area (Å²) in [7, 11) is 0. The Hall–Kier alpha value is -2.65. The molecule has 4 rings (SSSR count). The van der Waals surface area contributed by atoms with Gasteiger partial charge in [0.15, 0.2) is 0 Å². The molecule has 0 bridgehead atoms. The van der Waals surface area contributed by atoms with Crippen molar-refractivity contribution in [3.63, 3.8) is 0 Å². The summed E-state index contributed by atoms with van der Waals surface area (Å²) < 4.78 is 0. The standard InChI is InChI=1S/C18H15N3O2S/c19-8-13-12-7-11(17-20-9-15(24-17)18(22)23)5-6-14(12)21-16(13)10-3-1-2-4-10/h5-7,9-10,21H,1-4H2,(H,22,23). The van der Waals surface area contributed by atoms with Gasteiger partial charge in [0.2, 0.25) is 0 Å². The van der Waals surface area contributed by atoms with Crippen LogP contribution in [0.5, 0.6) is 0 Å². The zero-order valence-electron chi connectivity index (χ0n) is 12.9. The third-order valence-corrected chi connectivity index (χ3v) is 5.70. The number of nitrogens with zero attached hydrogens (tertiary/aromatic N) is 2. The van der Waals surface area contributed by atoms with Crippen molar-refractivity contribution in [3.05, 3.63) is 40.5 Å². The maximum atomic E-state index is 11.0. The Balaban J connectivity index is 1.82. The van der Waals surface area contributed by atoms with Crippen LogP contribution in [0.25, 0.3) is 21.5 Å². The first-order valence-electron chi connectivity index (χ1n) is 7.92. The lowest BCUT2D eigenvalue weighted by atomic mass is 9.99. The predicted molar refractivity (Wildman–Crippen MR) is 92.3 cm³/mol. The van der Waals surface area contributed by atoms with Crippen molar-refractivity contribution in [2.24, 2.45) is 0 Å². The highest BCUT2D eigenvalue weighted by Gasteiger charge is 2.23. The van der Waals surface area contributed by atoms with Crippen LogP contribution < -0.4 is 0 Å². The topological polar surface area (TPSA) is 89.8 Å². The van der Waals surface area contributed by atoms with Gasteiger partial charge < -0.3 is 10.1 Å². The molecule has 120 valence electrons. The van der Waals surface area contributed by atoms with E-state index in [1.54, 1.807) is 0 Å². The van der Waals surface area contributed by atoms with E-state index in [-0.39, 0.29) is 4.88 Å². The molecule has 0 saturated heterocycles.